The van der Waals surface area contributed by atoms with Gasteiger partial charge in [-0.25, -0.2) is 0 Å². The highest BCUT2D eigenvalue weighted by Crippen LogP contribution is 2.42. The molecule has 126 valence electrons. The predicted octanol–water partition coefficient (Wildman–Crippen LogP) is 4.28. The second-order valence-electron chi connectivity index (χ2n) is 7.65. The van der Waals surface area contributed by atoms with E-state index in [2.05, 4.69) is 64.8 Å². The van der Waals surface area contributed by atoms with E-state index in [0.717, 1.165) is 25.3 Å². The molecular formula is C22H23N3. The average molecular weight is 329 g/mol. The molecule has 2 aromatic heterocycles. The van der Waals surface area contributed by atoms with Crippen LogP contribution < -0.4 is 0 Å². The predicted molar refractivity (Wildman–Crippen MR) is 103 cm³/mol. The Morgan fingerprint density at radius 1 is 1.08 bits per heavy atom. The quantitative estimate of drug-likeness (QED) is 0.664. The van der Waals surface area contributed by atoms with Crippen molar-refractivity contribution in [1.29, 1.82) is 0 Å². The van der Waals surface area contributed by atoms with Crippen molar-refractivity contribution in [2.45, 2.75) is 32.9 Å². The summed E-state index contributed by atoms with van der Waals surface area (Å²) in [6, 6.07) is 11.2. The third kappa shape index (κ3) is 2.26. The molecule has 1 atom stereocenters. The van der Waals surface area contributed by atoms with E-state index in [1.165, 1.54) is 38.9 Å². The maximum absolute atomic E-state index is 4.51. The highest BCUT2D eigenvalue weighted by Gasteiger charge is 2.32. The largest absolute Gasteiger partial charge is 0.339 e. The number of aromatic nitrogens is 2. The van der Waals surface area contributed by atoms with Crippen molar-refractivity contribution < 1.29 is 0 Å². The number of likely N-dealkylation sites (N-methyl/N-ethyl adjacent to an activating group) is 1. The van der Waals surface area contributed by atoms with Crippen molar-refractivity contribution in [3.63, 3.8) is 0 Å². The molecule has 3 aromatic rings. The number of aryl methyl sites for hydroxylation is 2. The summed E-state index contributed by atoms with van der Waals surface area (Å²) in [6.07, 6.45) is 4.50. The van der Waals surface area contributed by atoms with Crippen molar-refractivity contribution in [3.05, 3.63) is 70.7 Å². The first-order valence-electron chi connectivity index (χ1n) is 9.04. The molecule has 2 aliphatic heterocycles. The maximum atomic E-state index is 4.51. The summed E-state index contributed by atoms with van der Waals surface area (Å²) in [4.78, 5) is 6.96. The summed E-state index contributed by atoms with van der Waals surface area (Å²) in [5, 5.41) is 1.43. The van der Waals surface area contributed by atoms with Gasteiger partial charge in [0.2, 0.25) is 0 Å². The van der Waals surface area contributed by atoms with Crippen molar-refractivity contribution >= 4 is 16.5 Å². The van der Waals surface area contributed by atoms with Gasteiger partial charge in [0.1, 0.15) is 0 Å². The van der Waals surface area contributed by atoms with E-state index >= 15 is 0 Å². The number of allylic oxidation sites excluding steroid dienone is 1. The Bertz CT molecular complexity index is 1010. The highest BCUT2D eigenvalue weighted by molar-refractivity contribution is 5.88. The fraction of sp³-hybridized carbons (Fsp3) is 0.318. The van der Waals surface area contributed by atoms with Gasteiger partial charge in [-0.05, 0) is 55.8 Å². The van der Waals surface area contributed by atoms with Gasteiger partial charge < -0.3 is 9.47 Å². The lowest BCUT2D eigenvalue weighted by molar-refractivity contribution is 0.292. The molecule has 0 aliphatic carbocycles. The van der Waals surface area contributed by atoms with Gasteiger partial charge in [-0.2, -0.15) is 0 Å². The second-order valence-corrected chi connectivity index (χ2v) is 7.65. The minimum absolute atomic E-state index is 0.464. The minimum Gasteiger partial charge on any atom is -0.339 e. The Kier molecular flexibility index (Phi) is 3.16. The Balaban J connectivity index is 1.71. The first-order valence-corrected chi connectivity index (χ1v) is 9.04. The standard InChI is InChI=1S/C22H23N3/c1-14-4-7-21-19(8-14)20-13-24(3)11-18-9-17(12-25(21)22(18)20)16-6-5-15(2)23-10-16/h4-10,18H,11-13H2,1-3H3. The molecule has 3 heteroatoms. The van der Waals surface area contributed by atoms with E-state index in [-0.39, 0.29) is 0 Å². The van der Waals surface area contributed by atoms with E-state index in [9.17, 15) is 0 Å². The minimum atomic E-state index is 0.464. The number of pyridine rings is 1. The summed E-state index contributed by atoms with van der Waals surface area (Å²) in [5.41, 5.74) is 9.48. The zero-order chi connectivity index (χ0) is 17.1. The lowest BCUT2D eigenvalue weighted by atomic mass is 9.89. The Morgan fingerprint density at radius 2 is 1.96 bits per heavy atom. The topological polar surface area (TPSA) is 21.1 Å². The third-order valence-corrected chi connectivity index (χ3v) is 5.67. The van der Waals surface area contributed by atoms with Crippen LogP contribution in [-0.4, -0.2) is 28.0 Å². The molecule has 3 nitrogen and oxygen atoms in total. The molecule has 0 saturated heterocycles. The fourth-order valence-electron chi connectivity index (χ4n) is 4.52. The lowest BCUT2D eigenvalue weighted by Crippen LogP contribution is -2.32. The van der Waals surface area contributed by atoms with Crippen LogP contribution in [0.2, 0.25) is 0 Å². The molecule has 4 heterocycles. The van der Waals surface area contributed by atoms with Gasteiger partial charge >= 0.3 is 0 Å². The van der Waals surface area contributed by atoms with Crippen LogP contribution in [0.4, 0.5) is 0 Å². The molecule has 0 bridgehead atoms. The lowest BCUT2D eigenvalue weighted by Gasteiger charge is -2.33. The molecule has 5 rings (SSSR count). The van der Waals surface area contributed by atoms with Crippen LogP contribution in [0, 0.1) is 13.8 Å². The molecule has 0 spiro atoms. The van der Waals surface area contributed by atoms with Crippen molar-refractivity contribution in [1.82, 2.24) is 14.5 Å². The zero-order valence-electron chi connectivity index (χ0n) is 15.1. The number of nitrogens with zero attached hydrogens (tertiary/aromatic N) is 3. The molecule has 0 amide bonds. The molecular weight excluding hydrogens is 306 g/mol. The van der Waals surface area contributed by atoms with Crippen molar-refractivity contribution in [2.75, 3.05) is 13.6 Å². The molecule has 1 aromatic carbocycles. The van der Waals surface area contributed by atoms with Crippen LogP contribution in [0.5, 0.6) is 0 Å². The molecule has 25 heavy (non-hydrogen) atoms. The Hall–Kier alpha value is -2.39. The number of hydrogen-bond acceptors (Lipinski definition) is 2. The molecule has 0 radical (unpaired) electrons. The van der Waals surface area contributed by atoms with Gasteiger partial charge in [-0.3, -0.25) is 4.98 Å². The first kappa shape index (κ1) is 14.9. The Labute approximate surface area is 148 Å². The van der Waals surface area contributed by atoms with E-state index in [4.69, 9.17) is 0 Å². The fourth-order valence-corrected chi connectivity index (χ4v) is 4.52. The molecule has 0 fully saturated rings. The van der Waals surface area contributed by atoms with Crippen molar-refractivity contribution in [2.24, 2.45) is 0 Å². The smallest absolute Gasteiger partial charge is 0.0489 e. The normalized spacial score (nSPS) is 19.8. The van der Waals surface area contributed by atoms with Crippen LogP contribution in [0.1, 0.15) is 34.0 Å². The van der Waals surface area contributed by atoms with Gasteiger partial charge in [0.15, 0.2) is 0 Å². The second kappa shape index (κ2) is 5.30. The maximum Gasteiger partial charge on any atom is 0.0489 e. The van der Waals surface area contributed by atoms with Crippen LogP contribution in [0.3, 0.4) is 0 Å². The first-order chi connectivity index (χ1) is 12.1. The molecule has 2 aliphatic rings. The Morgan fingerprint density at radius 3 is 2.76 bits per heavy atom. The number of rotatable bonds is 1. The van der Waals surface area contributed by atoms with E-state index in [1.807, 2.05) is 13.1 Å². The summed E-state index contributed by atoms with van der Waals surface area (Å²) in [7, 11) is 2.23. The van der Waals surface area contributed by atoms with Crippen LogP contribution in [0.25, 0.3) is 16.5 Å². The summed E-state index contributed by atoms with van der Waals surface area (Å²) < 4.78 is 2.55. The van der Waals surface area contributed by atoms with Crippen LogP contribution in [-0.2, 0) is 13.1 Å². The van der Waals surface area contributed by atoms with Gasteiger partial charge in [0.05, 0.1) is 0 Å². The molecule has 0 saturated carbocycles. The van der Waals surface area contributed by atoms with Gasteiger partial charge in [-0.15, -0.1) is 0 Å². The van der Waals surface area contributed by atoms with E-state index < -0.39 is 0 Å². The SMILES string of the molecule is Cc1ccc2c(c1)c1c3n2CC(c2ccc(C)nc2)=CC3CN(C)C1. The summed E-state index contributed by atoms with van der Waals surface area (Å²) in [5.74, 6) is 0.464. The molecule has 0 N–H and O–H groups in total. The number of hydrogen-bond donors (Lipinski definition) is 0. The summed E-state index contributed by atoms with van der Waals surface area (Å²) >= 11 is 0. The monoisotopic (exact) mass is 329 g/mol. The van der Waals surface area contributed by atoms with E-state index in [1.54, 1.807) is 0 Å². The summed E-state index contributed by atoms with van der Waals surface area (Å²) in [6.45, 7) is 7.31. The van der Waals surface area contributed by atoms with E-state index in [0.29, 0.717) is 5.92 Å². The number of fused-ring (bicyclic) bond motifs is 3. The average Bonchev–Trinajstić information content (AvgIpc) is 2.89. The van der Waals surface area contributed by atoms with Gasteiger partial charge in [-0.1, -0.05) is 23.8 Å². The molecule has 1 unspecified atom stereocenters. The van der Waals surface area contributed by atoms with Gasteiger partial charge in [0, 0.05) is 54.0 Å². The highest BCUT2D eigenvalue weighted by atomic mass is 15.1. The zero-order valence-corrected chi connectivity index (χ0v) is 15.1. The number of benzene rings is 1. The third-order valence-electron chi connectivity index (χ3n) is 5.67. The van der Waals surface area contributed by atoms with Gasteiger partial charge in [0.25, 0.3) is 0 Å². The van der Waals surface area contributed by atoms with Crippen LogP contribution >= 0.6 is 0 Å². The van der Waals surface area contributed by atoms with Crippen molar-refractivity contribution in [3.8, 4) is 0 Å². The van der Waals surface area contributed by atoms with Crippen LogP contribution in [0.15, 0.2) is 42.6 Å².